The number of hydrogen-bond acceptors (Lipinski definition) is 7. The molecule has 2 heterocycles. The Morgan fingerprint density at radius 1 is 1.08 bits per heavy atom. The molecule has 25 heavy (non-hydrogen) atoms. The second kappa shape index (κ2) is 6.05. The first kappa shape index (κ1) is 17.2. The average Bonchev–Trinajstić information content (AvgIpc) is 2.58. The van der Waals surface area contributed by atoms with E-state index in [-0.39, 0.29) is 26.2 Å². The Morgan fingerprint density at radius 3 is 2.32 bits per heavy atom. The molecule has 1 amide bonds. The lowest BCUT2D eigenvalue weighted by Crippen LogP contribution is -2.76. The fraction of sp³-hybridized carbons (Fsp3) is 0.533. The van der Waals surface area contributed by atoms with Crippen molar-refractivity contribution >= 4 is 5.91 Å². The number of aliphatic hydroxyl groups is 1. The average molecular weight is 350 g/mol. The molecule has 1 N–H and O–H groups in total. The summed E-state index contributed by atoms with van der Waals surface area (Å²) in [5.41, 5.74) is -2.93. The molecule has 2 aliphatic heterocycles. The second-order valence-corrected chi connectivity index (χ2v) is 6.72. The van der Waals surface area contributed by atoms with Crippen molar-refractivity contribution < 1.29 is 19.7 Å². The summed E-state index contributed by atoms with van der Waals surface area (Å²) in [6.45, 7) is -1.08. The van der Waals surface area contributed by atoms with Gasteiger partial charge < -0.3 is 10.0 Å². The lowest BCUT2D eigenvalue weighted by atomic mass is 9.73. The van der Waals surface area contributed by atoms with Crippen molar-refractivity contribution in [3.8, 4) is 0 Å². The van der Waals surface area contributed by atoms with E-state index < -0.39 is 40.0 Å². The first-order valence-corrected chi connectivity index (χ1v) is 7.78. The third-order valence-electron chi connectivity index (χ3n) is 4.95. The standard InChI is InChI=1S/C15H18N4O6/c20-11-17-9-14(18(22)23)7-15(13(17)21,19(24)25)10-16(8-14)6-12-4-2-1-3-5-12/h1-5,20H,6-11H2. The van der Waals surface area contributed by atoms with Gasteiger partial charge in [0.1, 0.15) is 13.2 Å². The normalized spacial score (nSPS) is 29.5. The summed E-state index contributed by atoms with van der Waals surface area (Å²) in [5, 5.41) is 32.9. The minimum absolute atomic E-state index is 0.0196. The highest BCUT2D eigenvalue weighted by Gasteiger charge is 2.71. The smallest absolute Gasteiger partial charge is 0.318 e. The molecule has 0 saturated carbocycles. The van der Waals surface area contributed by atoms with Gasteiger partial charge in [-0.1, -0.05) is 30.3 Å². The lowest BCUT2D eigenvalue weighted by Gasteiger charge is -2.48. The predicted octanol–water partition coefficient (Wildman–Crippen LogP) is -0.285. The van der Waals surface area contributed by atoms with Crippen molar-refractivity contribution in [3.05, 3.63) is 56.1 Å². The topological polar surface area (TPSA) is 130 Å². The largest absolute Gasteiger partial charge is 0.376 e. The summed E-state index contributed by atoms with van der Waals surface area (Å²) in [4.78, 5) is 37.2. The quantitative estimate of drug-likeness (QED) is 0.570. The third-order valence-corrected chi connectivity index (χ3v) is 4.95. The summed E-state index contributed by atoms with van der Waals surface area (Å²) in [6.07, 6.45) is -0.458. The van der Waals surface area contributed by atoms with E-state index in [1.54, 1.807) is 4.90 Å². The van der Waals surface area contributed by atoms with Crippen molar-refractivity contribution in [3.63, 3.8) is 0 Å². The molecule has 0 spiro atoms. The fourth-order valence-corrected chi connectivity index (χ4v) is 3.92. The molecular formula is C15H18N4O6. The highest BCUT2D eigenvalue weighted by atomic mass is 16.6. The number of rotatable bonds is 5. The highest BCUT2D eigenvalue weighted by Crippen LogP contribution is 2.40. The highest BCUT2D eigenvalue weighted by molar-refractivity contribution is 5.86. The maximum absolute atomic E-state index is 12.6. The molecule has 10 heteroatoms. The monoisotopic (exact) mass is 350 g/mol. The van der Waals surface area contributed by atoms with Gasteiger partial charge in [-0.3, -0.25) is 29.9 Å². The van der Waals surface area contributed by atoms with Gasteiger partial charge in [0.2, 0.25) is 0 Å². The minimum atomic E-state index is -2.11. The van der Waals surface area contributed by atoms with E-state index in [1.807, 2.05) is 30.3 Å². The van der Waals surface area contributed by atoms with Crippen LogP contribution < -0.4 is 0 Å². The Labute approximate surface area is 142 Å². The Kier molecular flexibility index (Phi) is 4.17. The number of benzene rings is 1. The summed E-state index contributed by atoms with van der Waals surface area (Å²) in [7, 11) is 0. The molecule has 2 fully saturated rings. The SMILES string of the molecule is O=C1N(CO)CC2([N+](=O)[O-])CN(Cc3ccccc3)CC1([N+](=O)[O-])C2. The zero-order chi connectivity index (χ0) is 18.2. The Morgan fingerprint density at radius 2 is 1.76 bits per heavy atom. The van der Waals surface area contributed by atoms with Crippen LogP contribution in [0.3, 0.4) is 0 Å². The minimum Gasteiger partial charge on any atom is -0.376 e. The van der Waals surface area contributed by atoms with Crippen LogP contribution in [0.4, 0.5) is 0 Å². The van der Waals surface area contributed by atoms with Gasteiger partial charge in [0, 0.05) is 16.4 Å². The molecule has 2 atom stereocenters. The number of likely N-dealkylation sites (tertiary alicyclic amines) is 2. The molecule has 10 nitrogen and oxygen atoms in total. The van der Waals surface area contributed by atoms with Gasteiger partial charge in [-0.05, 0) is 5.56 Å². The maximum atomic E-state index is 12.6. The van der Waals surface area contributed by atoms with Crippen LogP contribution in [0.15, 0.2) is 30.3 Å². The molecule has 1 aromatic carbocycles. The van der Waals surface area contributed by atoms with Gasteiger partial charge in [0.05, 0.1) is 19.6 Å². The molecule has 0 aliphatic carbocycles. The lowest BCUT2D eigenvalue weighted by molar-refractivity contribution is -0.623. The van der Waals surface area contributed by atoms with Crippen LogP contribution in [-0.2, 0) is 11.3 Å². The van der Waals surface area contributed by atoms with Crippen LogP contribution in [-0.4, -0.2) is 68.1 Å². The van der Waals surface area contributed by atoms with Gasteiger partial charge in [0.15, 0.2) is 0 Å². The summed E-state index contributed by atoms with van der Waals surface area (Å²) < 4.78 is 0. The van der Waals surface area contributed by atoms with Crippen LogP contribution in [0.25, 0.3) is 0 Å². The zero-order valence-corrected chi connectivity index (χ0v) is 13.4. The predicted molar refractivity (Wildman–Crippen MR) is 84.6 cm³/mol. The Bertz CT molecular complexity index is 713. The Hall–Kier alpha value is -2.59. The van der Waals surface area contributed by atoms with E-state index in [1.165, 1.54) is 0 Å². The van der Waals surface area contributed by atoms with Gasteiger partial charge >= 0.3 is 11.4 Å². The molecule has 134 valence electrons. The van der Waals surface area contributed by atoms with E-state index in [0.717, 1.165) is 10.5 Å². The van der Waals surface area contributed by atoms with Crippen molar-refractivity contribution in [1.29, 1.82) is 0 Å². The van der Waals surface area contributed by atoms with E-state index in [9.17, 15) is 30.1 Å². The number of fused-ring (bicyclic) bond motifs is 2. The van der Waals surface area contributed by atoms with E-state index in [2.05, 4.69) is 0 Å². The molecule has 1 aromatic rings. The molecule has 2 saturated heterocycles. The van der Waals surface area contributed by atoms with Crippen molar-refractivity contribution in [2.24, 2.45) is 0 Å². The number of hydrogen-bond donors (Lipinski definition) is 1. The van der Waals surface area contributed by atoms with Gasteiger partial charge in [0.25, 0.3) is 5.54 Å². The van der Waals surface area contributed by atoms with Crippen molar-refractivity contribution in [2.75, 3.05) is 26.4 Å². The second-order valence-electron chi connectivity index (χ2n) is 6.72. The molecule has 3 rings (SSSR count). The third kappa shape index (κ3) is 2.72. The molecular weight excluding hydrogens is 332 g/mol. The number of nitrogens with zero attached hydrogens (tertiary/aromatic N) is 4. The van der Waals surface area contributed by atoms with Crippen LogP contribution in [0.5, 0.6) is 0 Å². The van der Waals surface area contributed by atoms with Gasteiger partial charge in [-0.2, -0.15) is 0 Å². The first-order chi connectivity index (χ1) is 11.8. The molecule has 2 aliphatic rings. The Balaban J connectivity index is 2.00. The number of aliphatic hydroxyl groups excluding tert-OH is 1. The van der Waals surface area contributed by atoms with E-state index in [0.29, 0.717) is 0 Å². The van der Waals surface area contributed by atoms with Crippen molar-refractivity contribution in [1.82, 2.24) is 9.80 Å². The summed E-state index contributed by atoms with van der Waals surface area (Å²) in [6, 6.07) is 9.10. The van der Waals surface area contributed by atoms with E-state index in [4.69, 9.17) is 0 Å². The molecule has 0 radical (unpaired) electrons. The first-order valence-electron chi connectivity index (χ1n) is 7.78. The van der Waals surface area contributed by atoms with Crippen LogP contribution in [0, 0.1) is 20.2 Å². The molecule has 2 unspecified atom stereocenters. The van der Waals surface area contributed by atoms with Gasteiger partial charge in [-0.15, -0.1) is 0 Å². The maximum Gasteiger partial charge on any atom is 0.318 e. The van der Waals surface area contributed by atoms with Crippen molar-refractivity contribution in [2.45, 2.75) is 24.0 Å². The van der Waals surface area contributed by atoms with Crippen LogP contribution in [0.1, 0.15) is 12.0 Å². The molecule has 2 bridgehead atoms. The summed E-state index contributed by atoms with van der Waals surface area (Å²) in [5.74, 6) is -0.866. The number of nitro groups is 2. The number of carbonyl (C=O) groups is 1. The number of carbonyl (C=O) groups excluding carboxylic acids is 1. The number of amides is 1. The van der Waals surface area contributed by atoms with E-state index >= 15 is 0 Å². The van der Waals surface area contributed by atoms with Gasteiger partial charge in [-0.25, -0.2) is 0 Å². The number of piperidine rings is 2. The fourth-order valence-electron chi connectivity index (χ4n) is 3.92. The van der Waals surface area contributed by atoms with Crippen LogP contribution >= 0.6 is 0 Å². The van der Waals surface area contributed by atoms with Crippen LogP contribution in [0.2, 0.25) is 0 Å². The summed E-state index contributed by atoms with van der Waals surface area (Å²) >= 11 is 0. The zero-order valence-electron chi connectivity index (χ0n) is 13.4. The molecule has 0 aromatic heterocycles.